The van der Waals surface area contributed by atoms with Crippen LogP contribution in [-0.2, 0) is 14.2 Å². The molecule has 4 heteroatoms. The summed E-state index contributed by atoms with van der Waals surface area (Å²) in [5.41, 5.74) is 0.0971. The van der Waals surface area contributed by atoms with E-state index in [0.29, 0.717) is 13.2 Å². The van der Waals surface area contributed by atoms with Crippen LogP contribution < -0.4 is 5.32 Å². The summed E-state index contributed by atoms with van der Waals surface area (Å²) in [6.07, 6.45) is 0.154. The molecule has 0 heterocycles. The van der Waals surface area contributed by atoms with Gasteiger partial charge >= 0.3 is 0 Å². The lowest BCUT2D eigenvalue weighted by molar-refractivity contribution is -0.0657. The summed E-state index contributed by atoms with van der Waals surface area (Å²) in [7, 11) is 3.37. The van der Waals surface area contributed by atoms with Crippen molar-refractivity contribution in [3.8, 4) is 0 Å². The molecule has 0 aliphatic rings. The first-order valence-corrected chi connectivity index (χ1v) is 5.77. The smallest absolute Gasteiger partial charge is 0.0937 e. The van der Waals surface area contributed by atoms with Crippen LogP contribution in [0.25, 0.3) is 0 Å². The van der Waals surface area contributed by atoms with Gasteiger partial charge in [0.05, 0.1) is 25.4 Å². The van der Waals surface area contributed by atoms with Gasteiger partial charge in [0.25, 0.3) is 0 Å². The summed E-state index contributed by atoms with van der Waals surface area (Å²) in [4.78, 5) is 0. The Bertz CT molecular complexity index is 168. The van der Waals surface area contributed by atoms with Gasteiger partial charge in [-0.3, -0.25) is 0 Å². The van der Waals surface area contributed by atoms with Gasteiger partial charge in [-0.15, -0.1) is 0 Å². The molecule has 0 fully saturated rings. The van der Waals surface area contributed by atoms with Gasteiger partial charge in [0, 0.05) is 26.3 Å². The number of methoxy groups -OCH3 is 2. The SMILES string of the molecule is COCC(C)OC(CNC(C)(C)C)COC. The zero-order chi connectivity index (χ0) is 12.6. The third kappa shape index (κ3) is 9.09. The van der Waals surface area contributed by atoms with Crippen molar-refractivity contribution >= 4 is 0 Å². The van der Waals surface area contributed by atoms with Crippen LogP contribution >= 0.6 is 0 Å². The van der Waals surface area contributed by atoms with Gasteiger partial charge in [-0.2, -0.15) is 0 Å². The summed E-state index contributed by atoms with van der Waals surface area (Å²) >= 11 is 0. The van der Waals surface area contributed by atoms with E-state index in [9.17, 15) is 0 Å². The quantitative estimate of drug-likeness (QED) is 0.688. The Balaban J connectivity index is 3.96. The number of ether oxygens (including phenoxy) is 3. The van der Waals surface area contributed by atoms with Crippen molar-refractivity contribution in [3.63, 3.8) is 0 Å². The van der Waals surface area contributed by atoms with Gasteiger partial charge < -0.3 is 19.5 Å². The zero-order valence-electron chi connectivity index (χ0n) is 11.5. The fourth-order valence-electron chi connectivity index (χ4n) is 1.35. The Labute approximate surface area is 99.6 Å². The van der Waals surface area contributed by atoms with E-state index in [2.05, 4.69) is 26.1 Å². The molecular weight excluding hydrogens is 206 g/mol. The van der Waals surface area contributed by atoms with Crippen LogP contribution in [0.3, 0.4) is 0 Å². The van der Waals surface area contributed by atoms with E-state index in [1.807, 2.05) is 6.92 Å². The van der Waals surface area contributed by atoms with Crippen molar-refractivity contribution in [2.75, 3.05) is 34.0 Å². The Hall–Kier alpha value is -0.160. The fraction of sp³-hybridized carbons (Fsp3) is 1.00. The van der Waals surface area contributed by atoms with Gasteiger partial charge in [-0.1, -0.05) is 0 Å². The second-order valence-corrected chi connectivity index (χ2v) is 5.11. The van der Waals surface area contributed by atoms with Gasteiger partial charge in [0.15, 0.2) is 0 Å². The molecule has 2 unspecified atom stereocenters. The summed E-state index contributed by atoms with van der Waals surface area (Å²) in [5, 5.41) is 3.41. The Morgan fingerprint density at radius 1 is 1.06 bits per heavy atom. The first-order valence-electron chi connectivity index (χ1n) is 5.77. The van der Waals surface area contributed by atoms with Crippen molar-refractivity contribution in [1.82, 2.24) is 5.32 Å². The van der Waals surface area contributed by atoms with Gasteiger partial charge in [-0.25, -0.2) is 0 Å². The molecule has 0 amide bonds. The monoisotopic (exact) mass is 233 g/mol. The van der Waals surface area contributed by atoms with Crippen LogP contribution in [-0.4, -0.2) is 51.7 Å². The van der Waals surface area contributed by atoms with Crippen LogP contribution in [0.4, 0.5) is 0 Å². The summed E-state index contributed by atoms with van der Waals surface area (Å²) in [6, 6.07) is 0. The van der Waals surface area contributed by atoms with Crippen LogP contribution in [0.1, 0.15) is 27.7 Å². The van der Waals surface area contributed by atoms with Gasteiger partial charge in [-0.05, 0) is 27.7 Å². The molecule has 16 heavy (non-hydrogen) atoms. The maximum absolute atomic E-state index is 5.81. The second kappa shape index (κ2) is 8.01. The molecule has 0 rings (SSSR count). The number of hydrogen-bond acceptors (Lipinski definition) is 4. The van der Waals surface area contributed by atoms with Crippen molar-refractivity contribution in [2.45, 2.75) is 45.4 Å². The molecule has 0 aromatic heterocycles. The van der Waals surface area contributed by atoms with E-state index >= 15 is 0 Å². The average Bonchev–Trinajstić information content (AvgIpc) is 2.14. The van der Waals surface area contributed by atoms with E-state index in [0.717, 1.165) is 6.54 Å². The fourth-order valence-corrected chi connectivity index (χ4v) is 1.35. The van der Waals surface area contributed by atoms with Crippen LogP contribution in [0, 0.1) is 0 Å². The summed E-state index contributed by atoms with van der Waals surface area (Å²) < 4.78 is 16.0. The summed E-state index contributed by atoms with van der Waals surface area (Å²) in [5.74, 6) is 0. The highest BCUT2D eigenvalue weighted by Gasteiger charge is 2.16. The highest BCUT2D eigenvalue weighted by Crippen LogP contribution is 2.03. The van der Waals surface area contributed by atoms with E-state index in [1.165, 1.54) is 0 Å². The molecule has 0 saturated heterocycles. The highest BCUT2D eigenvalue weighted by molar-refractivity contribution is 4.74. The highest BCUT2D eigenvalue weighted by atomic mass is 16.6. The van der Waals surface area contributed by atoms with Crippen LogP contribution in [0.15, 0.2) is 0 Å². The van der Waals surface area contributed by atoms with E-state index in [-0.39, 0.29) is 17.7 Å². The first kappa shape index (κ1) is 15.8. The number of rotatable bonds is 8. The zero-order valence-corrected chi connectivity index (χ0v) is 11.5. The molecule has 2 atom stereocenters. The molecule has 0 bridgehead atoms. The normalized spacial score (nSPS) is 16.1. The van der Waals surface area contributed by atoms with Gasteiger partial charge in [0.2, 0.25) is 0 Å². The third-order valence-corrected chi connectivity index (χ3v) is 2.04. The Morgan fingerprint density at radius 3 is 2.06 bits per heavy atom. The largest absolute Gasteiger partial charge is 0.382 e. The number of nitrogens with one attached hydrogen (secondary N) is 1. The second-order valence-electron chi connectivity index (χ2n) is 5.11. The molecular formula is C12H27NO3. The predicted molar refractivity (Wildman–Crippen MR) is 65.8 cm³/mol. The molecule has 0 aromatic rings. The molecule has 0 aliphatic heterocycles. The molecule has 1 N–H and O–H groups in total. The first-order chi connectivity index (χ1) is 7.39. The standard InChI is InChI=1S/C12H27NO3/c1-10(8-14-5)16-11(9-15-6)7-13-12(2,3)4/h10-11,13H,7-9H2,1-6H3. The topological polar surface area (TPSA) is 39.7 Å². The van der Waals surface area contributed by atoms with E-state index in [1.54, 1.807) is 14.2 Å². The Kier molecular flexibility index (Phi) is 7.93. The molecule has 0 saturated carbocycles. The minimum absolute atomic E-state index is 0.0642. The van der Waals surface area contributed by atoms with Crippen molar-refractivity contribution in [2.24, 2.45) is 0 Å². The Morgan fingerprint density at radius 2 is 1.62 bits per heavy atom. The minimum Gasteiger partial charge on any atom is -0.382 e. The molecule has 0 aliphatic carbocycles. The minimum atomic E-state index is 0.0642. The van der Waals surface area contributed by atoms with Crippen molar-refractivity contribution in [3.05, 3.63) is 0 Å². The van der Waals surface area contributed by atoms with E-state index in [4.69, 9.17) is 14.2 Å². The number of hydrogen-bond donors (Lipinski definition) is 1. The molecule has 0 spiro atoms. The van der Waals surface area contributed by atoms with E-state index < -0.39 is 0 Å². The van der Waals surface area contributed by atoms with Crippen LogP contribution in [0.5, 0.6) is 0 Å². The van der Waals surface area contributed by atoms with Crippen molar-refractivity contribution < 1.29 is 14.2 Å². The maximum atomic E-state index is 5.81. The lowest BCUT2D eigenvalue weighted by atomic mass is 10.1. The average molecular weight is 233 g/mol. The molecule has 98 valence electrons. The lowest BCUT2D eigenvalue weighted by Crippen LogP contribution is -2.44. The summed E-state index contributed by atoms with van der Waals surface area (Å²) in [6.45, 7) is 10.4. The van der Waals surface area contributed by atoms with Gasteiger partial charge in [0.1, 0.15) is 0 Å². The predicted octanol–water partition coefficient (Wildman–Crippen LogP) is 1.44. The molecule has 0 radical (unpaired) electrons. The maximum Gasteiger partial charge on any atom is 0.0937 e. The third-order valence-electron chi connectivity index (χ3n) is 2.04. The lowest BCUT2D eigenvalue weighted by Gasteiger charge is -2.27. The molecule has 0 aromatic carbocycles. The van der Waals surface area contributed by atoms with Crippen molar-refractivity contribution in [1.29, 1.82) is 0 Å². The molecule has 4 nitrogen and oxygen atoms in total. The van der Waals surface area contributed by atoms with Crippen LogP contribution in [0.2, 0.25) is 0 Å².